The van der Waals surface area contributed by atoms with Crippen LogP contribution >= 0.6 is 0 Å². The number of rotatable bonds is 4. The van der Waals surface area contributed by atoms with E-state index >= 15 is 0 Å². The predicted molar refractivity (Wildman–Crippen MR) is 123 cm³/mol. The van der Waals surface area contributed by atoms with Crippen molar-refractivity contribution in [3.05, 3.63) is 59.7 Å². The van der Waals surface area contributed by atoms with Gasteiger partial charge in [-0.15, -0.1) is 0 Å². The van der Waals surface area contributed by atoms with Crippen molar-refractivity contribution >= 4 is 11.4 Å². The molecule has 28 heavy (non-hydrogen) atoms. The second-order valence-corrected chi connectivity index (χ2v) is 8.59. The van der Waals surface area contributed by atoms with Gasteiger partial charge in [0, 0.05) is 23.5 Å². The Morgan fingerprint density at radius 2 is 0.964 bits per heavy atom. The van der Waals surface area contributed by atoms with Gasteiger partial charge < -0.3 is 10.6 Å². The van der Waals surface area contributed by atoms with E-state index in [1.807, 2.05) is 12.1 Å². The third kappa shape index (κ3) is 6.67. The number of aryl methyl sites for hydroxylation is 2. The van der Waals surface area contributed by atoms with E-state index in [1.165, 1.54) is 86.7 Å². The molecule has 4 rings (SSSR count). The second kappa shape index (κ2) is 11.3. The molecule has 0 aromatic heterocycles. The van der Waals surface area contributed by atoms with Gasteiger partial charge in [-0.3, -0.25) is 0 Å². The monoisotopic (exact) mass is 378 g/mol. The molecule has 0 heterocycles. The number of nitrogens with one attached hydrogen (secondary N) is 2. The molecule has 0 saturated heterocycles. The summed E-state index contributed by atoms with van der Waals surface area (Å²) in [7, 11) is 0. The molecule has 2 nitrogen and oxygen atoms in total. The lowest BCUT2D eigenvalue weighted by molar-refractivity contribution is 0.291. The largest absolute Gasteiger partial charge is 0.355 e. The molecule has 0 radical (unpaired) electrons. The number of para-hydroxylation sites is 2. The van der Waals surface area contributed by atoms with Crippen LogP contribution in [0.2, 0.25) is 0 Å². The summed E-state index contributed by atoms with van der Waals surface area (Å²) in [5.41, 5.74) is 4.88. The average molecular weight is 379 g/mol. The number of anilines is 2. The smallest absolute Gasteiger partial charge is 0.0413 e. The minimum absolute atomic E-state index is 0.872. The van der Waals surface area contributed by atoms with Crippen molar-refractivity contribution in [2.75, 3.05) is 5.32 Å². The van der Waals surface area contributed by atoms with Crippen LogP contribution in [-0.4, -0.2) is 12.1 Å². The molecule has 0 aliphatic heterocycles. The fourth-order valence-electron chi connectivity index (χ4n) is 4.44. The van der Waals surface area contributed by atoms with Crippen LogP contribution in [-0.2, 0) is 0 Å². The maximum atomic E-state index is 3.86. The van der Waals surface area contributed by atoms with Crippen molar-refractivity contribution < 1.29 is 0 Å². The van der Waals surface area contributed by atoms with Crippen LogP contribution in [0.3, 0.4) is 0 Å². The van der Waals surface area contributed by atoms with Gasteiger partial charge in [0.05, 0.1) is 0 Å². The normalized spacial score (nSPS) is 18.2. The Labute approximate surface area is 172 Å². The van der Waals surface area contributed by atoms with Gasteiger partial charge >= 0.3 is 0 Å². The Kier molecular flexibility index (Phi) is 8.42. The van der Waals surface area contributed by atoms with Gasteiger partial charge in [-0.1, -0.05) is 74.9 Å². The Morgan fingerprint density at radius 3 is 1.36 bits per heavy atom. The molecule has 0 spiro atoms. The molecule has 2 saturated carbocycles. The first kappa shape index (κ1) is 20.9. The highest BCUT2D eigenvalue weighted by atomic mass is 14.9. The average Bonchev–Trinajstić information content (AvgIpc) is 2.73. The summed E-state index contributed by atoms with van der Waals surface area (Å²) in [6, 6.07) is 18.4. The second-order valence-electron chi connectivity index (χ2n) is 8.59. The molecule has 0 unspecified atom stereocenters. The molecule has 2 aromatic rings. The van der Waals surface area contributed by atoms with Gasteiger partial charge in [-0.25, -0.2) is 0 Å². The van der Waals surface area contributed by atoms with Crippen molar-refractivity contribution in [1.29, 1.82) is 0 Å². The molecular weight excluding hydrogens is 340 g/mol. The number of benzene rings is 2. The molecule has 2 aliphatic carbocycles. The Bertz CT molecular complexity index is 638. The molecule has 0 atom stereocenters. The van der Waals surface area contributed by atoms with Gasteiger partial charge in [-0.05, 0) is 62.8 Å². The van der Waals surface area contributed by atoms with Crippen molar-refractivity contribution in [2.24, 2.45) is 0 Å². The maximum Gasteiger partial charge on any atom is 0.0413 e. The number of hydrogen-bond acceptors (Lipinski definition) is 2. The summed E-state index contributed by atoms with van der Waals surface area (Å²) in [4.78, 5) is 0. The lowest BCUT2D eigenvalue weighted by Crippen LogP contribution is -2.40. The third-order valence-electron chi connectivity index (χ3n) is 6.24. The van der Waals surface area contributed by atoms with Gasteiger partial charge in [0.1, 0.15) is 0 Å². The molecule has 0 bridgehead atoms. The summed E-state index contributed by atoms with van der Waals surface area (Å²) in [5, 5.41) is 7.30. The van der Waals surface area contributed by atoms with E-state index in [0.29, 0.717) is 0 Å². The highest BCUT2D eigenvalue weighted by molar-refractivity contribution is 5.65. The fourth-order valence-corrected chi connectivity index (χ4v) is 4.44. The lowest BCUT2D eigenvalue weighted by atomic mass is 9.91. The summed E-state index contributed by atoms with van der Waals surface area (Å²) < 4.78 is 0. The molecule has 152 valence electrons. The van der Waals surface area contributed by atoms with Gasteiger partial charge in [0.25, 0.3) is 0 Å². The molecule has 2 N–H and O–H groups in total. The van der Waals surface area contributed by atoms with Crippen LogP contribution < -0.4 is 10.6 Å². The van der Waals surface area contributed by atoms with E-state index < -0.39 is 0 Å². The van der Waals surface area contributed by atoms with Crippen molar-refractivity contribution in [3.63, 3.8) is 0 Å². The fraction of sp³-hybridized carbons (Fsp3) is 0.538. The van der Waals surface area contributed by atoms with Gasteiger partial charge in [-0.2, -0.15) is 0 Å². The Balaban J connectivity index is 0.000000162. The topological polar surface area (TPSA) is 24.1 Å². The van der Waals surface area contributed by atoms with E-state index in [9.17, 15) is 0 Å². The van der Waals surface area contributed by atoms with Crippen LogP contribution in [0.5, 0.6) is 0 Å². The van der Waals surface area contributed by atoms with Gasteiger partial charge in [0.15, 0.2) is 0 Å². The Hall–Kier alpha value is -1.80. The zero-order valence-electron chi connectivity index (χ0n) is 17.8. The molecule has 2 aromatic carbocycles. The zero-order chi connectivity index (χ0) is 19.6. The van der Waals surface area contributed by atoms with Crippen LogP contribution in [0.25, 0.3) is 0 Å². The predicted octanol–water partition coefficient (Wildman–Crippen LogP) is 7.29. The first-order valence-electron chi connectivity index (χ1n) is 11.4. The molecule has 2 fully saturated rings. The zero-order valence-corrected chi connectivity index (χ0v) is 17.8. The summed E-state index contributed by atoms with van der Waals surface area (Å²) in [6.45, 7) is 4.22. The minimum Gasteiger partial charge on any atom is -0.355 e. The van der Waals surface area contributed by atoms with Crippen molar-refractivity contribution in [3.8, 4) is 0 Å². The number of hydrogen-bond donors (Lipinski definition) is 2. The van der Waals surface area contributed by atoms with E-state index in [1.54, 1.807) is 0 Å². The van der Waals surface area contributed by atoms with E-state index in [-0.39, 0.29) is 0 Å². The molecular formula is C26H38N2. The van der Waals surface area contributed by atoms with Crippen LogP contribution in [0, 0.1) is 13.8 Å². The maximum absolute atomic E-state index is 3.86. The SMILES string of the molecule is C1CCC(NC2CCCCC2)CC1.Cc1ccccc1Nc1ccccc1C. The van der Waals surface area contributed by atoms with E-state index in [0.717, 1.165) is 12.1 Å². The first-order chi connectivity index (χ1) is 13.7. The third-order valence-corrected chi connectivity index (χ3v) is 6.24. The quantitative estimate of drug-likeness (QED) is 0.583. The van der Waals surface area contributed by atoms with Crippen LogP contribution in [0.1, 0.15) is 75.3 Å². The molecule has 2 heteroatoms. The highest BCUT2D eigenvalue weighted by Crippen LogP contribution is 2.23. The van der Waals surface area contributed by atoms with Crippen LogP contribution in [0.4, 0.5) is 11.4 Å². The van der Waals surface area contributed by atoms with Crippen molar-refractivity contribution in [2.45, 2.75) is 90.1 Å². The van der Waals surface area contributed by atoms with E-state index in [4.69, 9.17) is 0 Å². The molecule has 0 amide bonds. The van der Waals surface area contributed by atoms with Gasteiger partial charge in [0.2, 0.25) is 0 Å². The van der Waals surface area contributed by atoms with Crippen molar-refractivity contribution in [1.82, 2.24) is 5.32 Å². The standard InChI is InChI=1S/C14H15N.C12H23N/c1-11-7-3-5-9-13(11)15-14-10-6-4-8-12(14)2;1-3-7-11(8-4-1)13-12-9-5-2-6-10-12/h3-10,15H,1-2H3;11-13H,1-10H2. The summed E-state index contributed by atoms with van der Waals surface area (Å²) >= 11 is 0. The highest BCUT2D eigenvalue weighted by Gasteiger charge is 2.19. The van der Waals surface area contributed by atoms with E-state index in [2.05, 4.69) is 60.9 Å². The molecule has 2 aliphatic rings. The Morgan fingerprint density at radius 1 is 0.571 bits per heavy atom. The summed E-state index contributed by atoms with van der Waals surface area (Å²) in [5.74, 6) is 0. The first-order valence-corrected chi connectivity index (χ1v) is 11.4. The minimum atomic E-state index is 0.872. The summed E-state index contributed by atoms with van der Waals surface area (Å²) in [6.07, 6.45) is 14.6. The van der Waals surface area contributed by atoms with Crippen LogP contribution in [0.15, 0.2) is 48.5 Å². The lowest BCUT2D eigenvalue weighted by Gasteiger charge is -2.30.